The first kappa shape index (κ1) is 10.1. The Morgan fingerprint density at radius 2 is 1.85 bits per heavy atom. The minimum absolute atomic E-state index is 0.751. The molecule has 0 amide bonds. The number of anilines is 1. The molecule has 0 aliphatic heterocycles. The Labute approximate surface area is 81.2 Å². The van der Waals surface area contributed by atoms with Crippen molar-refractivity contribution in [2.45, 2.75) is 27.2 Å². The van der Waals surface area contributed by atoms with Gasteiger partial charge in [-0.25, -0.2) is 0 Å². The zero-order valence-electron chi connectivity index (χ0n) is 8.80. The normalized spacial score (nSPS) is 12.5. The smallest absolute Gasteiger partial charge is 0.0340 e. The Kier molecular flexibility index (Phi) is 3.81. The summed E-state index contributed by atoms with van der Waals surface area (Å²) in [5.74, 6) is 0.751. The van der Waals surface area contributed by atoms with Crippen molar-refractivity contribution in [1.29, 1.82) is 0 Å². The summed E-state index contributed by atoms with van der Waals surface area (Å²) >= 11 is 0. The van der Waals surface area contributed by atoms with Crippen LogP contribution >= 0.6 is 0 Å². The van der Waals surface area contributed by atoms with Gasteiger partial charge in [0.25, 0.3) is 0 Å². The summed E-state index contributed by atoms with van der Waals surface area (Å²) < 4.78 is 0. The molecule has 0 saturated heterocycles. The van der Waals surface area contributed by atoms with Crippen molar-refractivity contribution in [3.05, 3.63) is 29.8 Å². The van der Waals surface area contributed by atoms with E-state index in [-0.39, 0.29) is 0 Å². The molecule has 1 aromatic carbocycles. The molecule has 0 aliphatic rings. The fourth-order valence-electron chi connectivity index (χ4n) is 1.11. The van der Waals surface area contributed by atoms with Gasteiger partial charge in [0.1, 0.15) is 0 Å². The molecule has 0 radical (unpaired) electrons. The molecular formula is C12H19N. The largest absolute Gasteiger partial charge is 0.385 e. The lowest BCUT2D eigenvalue weighted by Crippen LogP contribution is -2.09. The van der Waals surface area contributed by atoms with Crippen molar-refractivity contribution in [3.8, 4) is 0 Å². The van der Waals surface area contributed by atoms with Gasteiger partial charge in [-0.3, -0.25) is 0 Å². The standard InChI is InChI=1S/C12H19N/c1-4-10(2)9-13-12-7-5-11(3)6-8-12/h5-8,10,13H,4,9H2,1-3H3. The second-order valence-electron chi connectivity index (χ2n) is 3.76. The first-order valence-corrected chi connectivity index (χ1v) is 5.03. The van der Waals surface area contributed by atoms with Crippen LogP contribution in [0.4, 0.5) is 5.69 Å². The summed E-state index contributed by atoms with van der Waals surface area (Å²) in [6.45, 7) is 7.67. The summed E-state index contributed by atoms with van der Waals surface area (Å²) in [6, 6.07) is 8.55. The molecule has 0 bridgehead atoms. The predicted molar refractivity (Wildman–Crippen MR) is 59.1 cm³/mol. The lowest BCUT2D eigenvalue weighted by atomic mass is 10.1. The first-order valence-electron chi connectivity index (χ1n) is 5.03. The van der Waals surface area contributed by atoms with Crippen LogP contribution in [0.1, 0.15) is 25.8 Å². The quantitative estimate of drug-likeness (QED) is 0.742. The summed E-state index contributed by atoms with van der Waals surface area (Å²) in [4.78, 5) is 0. The highest BCUT2D eigenvalue weighted by Gasteiger charge is 1.97. The molecular weight excluding hydrogens is 158 g/mol. The first-order chi connectivity index (χ1) is 6.22. The van der Waals surface area contributed by atoms with E-state index < -0.39 is 0 Å². The summed E-state index contributed by atoms with van der Waals surface area (Å²) in [7, 11) is 0. The summed E-state index contributed by atoms with van der Waals surface area (Å²) in [5.41, 5.74) is 2.54. The molecule has 1 heteroatoms. The van der Waals surface area contributed by atoms with E-state index in [4.69, 9.17) is 0 Å². The molecule has 1 atom stereocenters. The molecule has 1 rings (SSSR count). The van der Waals surface area contributed by atoms with Gasteiger partial charge in [-0.1, -0.05) is 38.0 Å². The van der Waals surface area contributed by atoms with Crippen LogP contribution in [0.3, 0.4) is 0 Å². The lowest BCUT2D eigenvalue weighted by molar-refractivity contribution is 0.593. The molecule has 1 unspecified atom stereocenters. The predicted octanol–water partition coefficient (Wildman–Crippen LogP) is 3.45. The average molecular weight is 177 g/mol. The fourth-order valence-corrected chi connectivity index (χ4v) is 1.11. The van der Waals surface area contributed by atoms with Gasteiger partial charge in [0.15, 0.2) is 0 Å². The Balaban J connectivity index is 2.41. The van der Waals surface area contributed by atoms with Crippen molar-refractivity contribution in [3.63, 3.8) is 0 Å². The maximum atomic E-state index is 3.42. The van der Waals surface area contributed by atoms with E-state index in [1.807, 2.05) is 0 Å². The average Bonchev–Trinajstić information content (AvgIpc) is 2.16. The van der Waals surface area contributed by atoms with E-state index >= 15 is 0 Å². The van der Waals surface area contributed by atoms with Crippen molar-refractivity contribution < 1.29 is 0 Å². The molecule has 13 heavy (non-hydrogen) atoms. The number of nitrogens with one attached hydrogen (secondary N) is 1. The fraction of sp³-hybridized carbons (Fsp3) is 0.500. The van der Waals surface area contributed by atoms with Crippen LogP contribution in [0.5, 0.6) is 0 Å². The van der Waals surface area contributed by atoms with Crippen LogP contribution in [0.25, 0.3) is 0 Å². The molecule has 0 fully saturated rings. The van der Waals surface area contributed by atoms with Crippen LogP contribution in [0.15, 0.2) is 24.3 Å². The number of benzene rings is 1. The third-order valence-corrected chi connectivity index (χ3v) is 2.40. The molecule has 72 valence electrons. The Hall–Kier alpha value is -0.980. The maximum Gasteiger partial charge on any atom is 0.0340 e. The highest BCUT2D eigenvalue weighted by atomic mass is 14.9. The molecule has 0 aromatic heterocycles. The Morgan fingerprint density at radius 1 is 1.23 bits per heavy atom. The van der Waals surface area contributed by atoms with E-state index in [1.165, 1.54) is 17.7 Å². The second kappa shape index (κ2) is 4.90. The zero-order valence-corrected chi connectivity index (χ0v) is 8.80. The number of hydrogen-bond donors (Lipinski definition) is 1. The van der Waals surface area contributed by atoms with Gasteiger partial charge in [-0.15, -0.1) is 0 Å². The van der Waals surface area contributed by atoms with Crippen molar-refractivity contribution in [1.82, 2.24) is 0 Å². The minimum atomic E-state index is 0.751. The van der Waals surface area contributed by atoms with Gasteiger partial charge in [-0.05, 0) is 25.0 Å². The highest BCUT2D eigenvalue weighted by Crippen LogP contribution is 2.10. The van der Waals surface area contributed by atoms with Crippen LogP contribution in [0, 0.1) is 12.8 Å². The minimum Gasteiger partial charge on any atom is -0.385 e. The van der Waals surface area contributed by atoms with Crippen LogP contribution in [-0.4, -0.2) is 6.54 Å². The molecule has 1 aromatic rings. The van der Waals surface area contributed by atoms with E-state index in [0.717, 1.165) is 12.5 Å². The SMILES string of the molecule is CCC(C)CNc1ccc(C)cc1. The maximum absolute atomic E-state index is 3.42. The topological polar surface area (TPSA) is 12.0 Å². The van der Waals surface area contributed by atoms with E-state index in [0.29, 0.717) is 0 Å². The van der Waals surface area contributed by atoms with E-state index in [2.05, 4.69) is 50.4 Å². The van der Waals surface area contributed by atoms with Crippen molar-refractivity contribution >= 4 is 5.69 Å². The highest BCUT2D eigenvalue weighted by molar-refractivity contribution is 5.44. The van der Waals surface area contributed by atoms with Gasteiger partial charge in [0, 0.05) is 12.2 Å². The monoisotopic (exact) mass is 177 g/mol. The van der Waals surface area contributed by atoms with Gasteiger partial charge in [-0.2, -0.15) is 0 Å². The van der Waals surface area contributed by atoms with Gasteiger partial charge in [0.05, 0.1) is 0 Å². The summed E-state index contributed by atoms with van der Waals surface area (Å²) in [5, 5.41) is 3.42. The van der Waals surface area contributed by atoms with Crippen LogP contribution < -0.4 is 5.32 Å². The number of hydrogen-bond acceptors (Lipinski definition) is 1. The van der Waals surface area contributed by atoms with Crippen LogP contribution in [-0.2, 0) is 0 Å². The van der Waals surface area contributed by atoms with Gasteiger partial charge in [0.2, 0.25) is 0 Å². The number of aryl methyl sites for hydroxylation is 1. The van der Waals surface area contributed by atoms with Gasteiger partial charge >= 0.3 is 0 Å². The Bertz CT molecular complexity index is 238. The third-order valence-electron chi connectivity index (χ3n) is 2.40. The molecule has 1 N–H and O–H groups in total. The number of rotatable bonds is 4. The molecule has 0 heterocycles. The lowest BCUT2D eigenvalue weighted by Gasteiger charge is -2.11. The van der Waals surface area contributed by atoms with E-state index in [1.54, 1.807) is 0 Å². The van der Waals surface area contributed by atoms with Crippen LogP contribution in [0.2, 0.25) is 0 Å². The van der Waals surface area contributed by atoms with Gasteiger partial charge < -0.3 is 5.32 Å². The molecule has 1 nitrogen and oxygen atoms in total. The Morgan fingerprint density at radius 3 is 2.38 bits per heavy atom. The molecule has 0 spiro atoms. The second-order valence-corrected chi connectivity index (χ2v) is 3.76. The van der Waals surface area contributed by atoms with Crippen molar-refractivity contribution in [2.75, 3.05) is 11.9 Å². The van der Waals surface area contributed by atoms with E-state index in [9.17, 15) is 0 Å². The molecule has 0 saturated carbocycles. The third kappa shape index (κ3) is 3.49. The van der Waals surface area contributed by atoms with Crippen molar-refractivity contribution in [2.24, 2.45) is 5.92 Å². The summed E-state index contributed by atoms with van der Waals surface area (Å²) in [6.07, 6.45) is 1.23. The zero-order chi connectivity index (χ0) is 9.68. The molecule has 0 aliphatic carbocycles.